The molecule has 0 aliphatic carbocycles. The number of nitrogens with zero attached hydrogens (tertiary/aromatic N) is 2. The Morgan fingerprint density at radius 3 is 2.45 bits per heavy atom. The lowest BCUT2D eigenvalue weighted by Crippen LogP contribution is -2.63. The standard InChI is InChI=1S/C15H22ClN3O/c1-15(2)14(20)18(3)8-9-19(15)13(10-17)11-4-6-12(16)7-5-11/h4-7,13H,8-10,17H2,1-3H3. The van der Waals surface area contributed by atoms with E-state index in [-0.39, 0.29) is 11.9 Å². The SMILES string of the molecule is CN1CCN(C(CN)c2ccc(Cl)cc2)C(C)(C)C1=O. The molecule has 0 spiro atoms. The molecule has 0 aromatic heterocycles. The van der Waals surface area contributed by atoms with Crippen molar-refractivity contribution in [1.29, 1.82) is 0 Å². The number of carbonyl (C=O) groups excluding carboxylic acids is 1. The summed E-state index contributed by atoms with van der Waals surface area (Å²) in [5.41, 5.74) is 6.53. The van der Waals surface area contributed by atoms with Crippen LogP contribution in [0.4, 0.5) is 0 Å². The average molecular weight is 296 g/mol. The van der Waals surface area contributed by atoms with Gasteiger partial charge in [0.25, 0.3) is 0 Å². The van der Waals surface area contributed by atoms with Crippen LogP contribution in [-0.4, -0.2) is 47.9 Å². The molecular weight excluding hydrogens is 274 g/mol. The van der Waals surface area contributed by atoms with Gasteiger partial charge in [-0.3, -0.25) is 9.69 Å². The number of carbonyl (C=O) groups is 1. The predicted molar refractivity (Wildman–Crippen MR) is 81.7 cm³/mol. The normalized spacial score (nSPS) is 21.1. The molecule has 1 amide bonds. The molecule has 5 heteroatoms. The fourth-order valence-electron chi connectivity index (χ4n) is 2.90. The van der Waals surface area contributed by atoms with Gasteiger partial charge in [0.1, 0.15) is 0 Å². The quantitative estimate of drug-likeness (QED) is 0.926. The van der Waals surface area contributed by atoms with Crippen LogP contribution in [0.25, 0.3) is 0 Å². The molecule has 1 heterocycles. The summed E-state index contributed by atoms with van der Waals surface area (Å²) < 4.78 is 0. The van der Waals surface area contributed by atoms with Crippen LogP contribution in [0.2, 0.25) is 5.02 Å². The average Bonchev–Trinajstić information content (AvgIpc) is 2.42. The summed E-state index contributed by atoms with van der Waals surface area (Å²) in [6.45, 7) is 5.95. The van der Waals surface area contributed by atoms with Crippen molar-refractivity contribution in [1.82, 2.24) is 9.80 Å². The van der Waals surface area contributed by atoms with Gasteiger partial charge in [-0.15, -0.1) is 0 Å². The van der Waals surface area contributed by atoms with Crippen molar-refractivity contribution in [2.24, 2.45) is 5.73 Å². The molecule has 2 rings (SSSR count). The molecule has 2 N–H and O–H groups in total. The fourth-order valence-corrected chi connectivity index (χ4v) is 3.03. The second-order valence-corrected chi connectivity index (χ2v) is 6.22. The van der Waals surface area contributed by atoms with Crippen LogP contribution < -0.4 is 5.73 Å². The van der Waals surface area contributed by atoms with E-state index < -0.39 is 5.54 Å². The number of nitrogens with two attached hydrogens (primary N) is 1. The number of hydrogen-bond acceptors (Lipinski definition) is 3. The second-order valence-electron chi connectivity index (χ2n) is 5.78. The second kappa shape index (κ2) is 5.72. The van der Waals surface area contributed by atoms with Gasteiger partial charge in [0.2, 0.25) is 5.91 Å². The Morgan fingerprint density at radius 2 is 1.90 bits per heavy atom. The largest absolute Gasteiger partial charge is 0.343 e. The van der Waals surface area contributed by atoms with E-state index in [0.717, 1.165) is 18.7 Å². The Balaban J connectivity index is 2.31. The first-order valence-electron chi connectivity index (χ1n) is 6.85. The van der Waals surface area contributed by atoms with Crippen LogP contribution in [-0.2, 0) is 4.79 Å². The highest BCUT2D eigenvalue weighted by Gasteiger charge is 2.43. The first kappa shape index (κ1) is 15.3. The van der Waals surface area contributed by atoms with E-state index >= 15 is 0 Å². The Kier molecular flexibility index (Phi) is 4.37. The number of likely N-dealkylation sites (N-methyl/N-ethyl adjacent to an activating group) is 1. The van der Waals surface area contributed by atoms with Crippen molar-refractivity contribution in [2.75, 3.05) is 26.7 Å². The molecule has 0 radical (unpaired) electrons. The topological polar surface area (TPSA) is 49.6 Å². The molecule has 1 aliphatic rings. The Hall–Kier alpha value is -1.10. The predicted octanol–water partition coefficient (Wildman–Crippen LogP) is 1.89. The summed E-state index contributed by atoms with van der Waals surface area (Å²) in [4.78, 5) is 16.4. The Morgan fingerprint density at radius 1 is 1.30 bits per heavy atom. The number of halogens is 1. The zero-order chi connectivity index (χ0) is 14.9. The van der Waals surface area contributed by atoms with Crippen LogP contribution in [0, 0.1) is 0 Å². The van der Waals surface area contributed by atoms with Crippen molar-refractivity contribution in [2.45, 2.75) is 25.4 Å². The zero-order valence-electron chi connectivity index (χ0n) is 12.3. The van der Waals surface area contributed by atoms with E-state index in [1.165, 1.54) is 0 Å². The molecule has 0 saturated carbocycles. The molecule has 110 valence electrons. The smallest absolute Gasteiger partial charge is 0.242 e. The molecule has 1 saturated heterocycles. The summed E-state index contributed by atoms with van der Waals surface area (Å²) >= 11 is 5.94. The number of piperazine rings is 1. The maximum atomic E-state index is 12.4. The first-order valence-corrected chi connectivity index (χ1v) is 7.23. The van der Waals surface area contributed by atoms with Crippen LogP contribution in [0.1, 0.15) is 25.5 Å². The van der Waals surface area contributed by atoms with E-state index in [1.54, 1.807) is 4.90 Å². The number of amides is 1. The third-order valence-electron chi connectivity index (χ3n) is 4.12. The van der Waals surface area contributed by atoms with Gasteiger partial charge in [0, 0.05) is 37.7 Å². The maximum Gasteiger partial charge on any atom is 0.242 e. The van der Waals surface area contributed by atoms with E-state index in [0.29, 0.717) is 11.6 Å². The molecule has 4 nitrogen and oxygen atoms in total. The minimum absolute atomic E-state index is 0.0277. The van der Waals surface area contributed by atoms with Gasteiger partial charge in [0.05, 0.1) is 5.54 Å². The summed E-state index contributed by atoms with van der Waals surface area (Å²) in [5.74, 6) is 0.135. The lowest BCUT2D eigenvalue weighted by molar-refractivity contribution is -0.149. The number of hydrogen-bond donors (Lipinski definition) is 1. The van der Waals surface area contributed by atoms with Gasteiger partial charge < -0.3 is 10.6 Å². The number of benzene rings is 1. The summed E-state index contributed by atoms with van der Waals surface area (Å²) in [6.07, 6.45) is 0. The highest BCUT2D eigenvalue weighted by Crippen LogP contribution is 2.31. The van der Waals surface area contributed by atoms with Crippen LogP contribution in [0.3, 0.4) is 0 Å². The van der Waals surface area contributed by atoms with Gasteiger partial charge in [-0.1, -0.05) is 23.7 Å². The van der Waals surface area contributed by atoms with E-state index in [1.807, 2.05) is 45.2 Å². The lowest BCUT2D eigenvalue weighted by Gasteiger charge is -2.48. The van der Waals surface area contributed by atoms with Gasteiger partial charge in [-0.2, -0.15) is 0 Å². The molecule has 0 bridgehead atoms. The highest BCUT2D eigenvalue weighted by atomic mass is 35.5. The van der Waals surface area contributed by atoms with E-state index in [4.69, 9.17) is 17.3 Å². The van der Waals surface area contributed by atoms with E-state index in [2.05, 4.69) is 4.90 Å². The molecule has 20 heavy (non-hydrogen) atoms. The Labute approximate surface area is 125 Å². The molecule has 1 aliphatic heterocycles. The van der Waals surface area contributed by atoms with Crippen molar-refractivity contribution >= 4 is 17.5 Å². The van der Waals surface area contributed by atoms with Gasteiger partial charge in [0.15, 0.2) is 0 Å². The van der Waals surface area contributed by atoms with Crippen LogP contribution >= 0.6 is 11.6 Å². The van der Waals surface area contributed by atoms with Crippen molar-refractivity contribution in [3.05, 3.63) is 34.9 Å². The van der Waals surface area contributed by atoms with Crippen molar-refractivity contribution in [3.8, 4) is 0 Å². The Bertz CT molecular complexity index is 486. The van der Waals surface area contributed by atoms with E-state index in [9.17, 15) is 4.79 Å². The molecule has 1 fully saturated rings. The monoisotopic (exact) mass is 295 g/mol. The maximum absolute atomic E-state index is 12.4. The molecular formula is C15H22ClN3O. The summed E-state index contributed by atoms with van der Waals surface area (Å²) in [6, 6.07) is 7.73. The van der Waals surface area contributed by atoms with Crippen molar-refractivity contribution < 1.29 is 4.79 Å². The molecule has 1 aromatic carbocycles. The summed E-state index contributed by atoms with van der Waals surface area (Å²) in [5, 5.41) is 0.707. The van der Waals surface area contributed by atoms with Gasteiger partial charge >= 0.3 is 0 Å². The highest BCUT2D eigenvalue weighted by molar-refractivity contribution is 6.30. The molecule has 1 atom stereocenters. The third-order valence-corrected chi connectivity index (χ3v) is 4.37. The molecule has 1 aromatic rings. The third kappa shape index (κ3) is 2.68. The zero-order valence-corrected chi connectivity index (χ0v) is 13.0. The lowest BCUT2D eigenvalue weighted by atomic mass is 9.92. The van der Waals surface area contributed by atoms with Gasteiger partial charge in [-0.25, -0.2) is 0 Å². The summed E-state index contributed by atoms with van der Waals surface area (Å²) in [7, 11) is 1.85. The molecule has 1 unspecified atom stereocenters. The van der Waals surface area contributed by atoms with Crippen LogP contribution in [0.5, 0.6) is 0 Å². The van der Waals surface area contributed by atoms with Crippen LogP contribution in [0.15, 0.2) is 24.3 Å². The minimum atomic E-state index is -0.545. The van der Waals surface area contributed by atoms with Gasteiger partial charge in [-0.05, 0) is 31.5 Å². The van der Waals surface area contributed by atoms with Crippen molar-refractivity contribution in [3.63, 3.8) is 0 Å². The minimum Gasteiger partial charge on any atom is -0.343 e. The first-order chi connectivity index (χ1) is 9.37. The number of rotatable bonds is 3. The fraction of sp³-hybridized carbons (Fsp3) is 0.533.